The highest BCUT2D eigenvalue weighted by Crippen LogP contribution is 2.14. The smallest absolute Gasteiger partial charge is 0.233 e. The number of anilines is 1. The predicted molar refractivity (Wildman–Crippen MR) is 57.8 cm³/mol. The van der Waals surface area contributed by atoms with Gasteiger partial charge in [-0.2, -0.15) is 0 Å². The SMILES string of the molecule is CNC1COCC1C(=O)Nc1ncccn1. The van der Waals surface area contributed by atoms with E-state index in [0.717, 1.165) is 0 Å². The molecule has 86 valence electrons. The average Bonchev–Trinajstić information content (AvgIpc) is 2.78. The monoisotopic (exact) mass is 222 g/mol. The van der Waals surface area contributed by atoms with Crippen molar-refractivity contribution >= 4 is 11.9 Å². The zero-order valence-electron chi connectivity index (χ0n) is 9.01. The molecule has 1 aliphatic rings. The number of carbonyl (C=O) groups excluding carboxylic acids is 1. The van der Waals surface area contributed by atoms with Crippen LogP contribution in [0.3, 0.4) is 0 Å². The highest BCUT2D eigenvalue weighted by molar-refractivity contribution is 5.91. The summed E-state index contributed by atoms with van der Waals surface area (Å²) in [5.41, 5.74) is 0. The van der Waals surface area contributed by atoms with Crippen molar-refractivity contribution in [3.05, 3.63) is 18.5 Å². The first-order valence-electron chi connectivity index (χ1n) is 5.14. The quantitative estimate of drug-likeness (QED) is 0.731. The summed E-state index contributed by atoms with van der Waals surface area (Å²) in [6, 6.07) is 1.76. The molecule has 0 aromatic carbocycles. The summed E-state index contributed by atoms with van der Waals surface area (Å²) in [6.07, 6.45) is 3.17. The summed E-state index contributed by atoms with van der Waals surface area (Å²) >= 11 is 0. The molecule has 2 unspecified atom stereocenters. The maximum Gasteiger partial charge on any atom is 0.233 e. The molecule has 1 amide bonds. The molecule has 0 bridgehead atoms. The normalized spacial score (nSPS) is 24.3. The minimum Gasteiger partial charge on any atom is -0.379 e. The Labute approximate surface area is 93.4 Å². The van der Waals surface area contributed by atoms with Gasteiger partial charge in [-0.3, -0.25) is 10.1 Å². The van der Waals surface area contributed by atoms with E-state index in [0.29, 0.717) is 19.2 Å². The first kappa shape index (κ1) is 11.0. The Hall–Kier alpha value is -1.53. The Morgan fingerprint density at radius 3 is 2.88 bits per heavy atom. The second-order valence-corrected chi connectivity index (χ2v) is 3.60. The van der Waals surface area contributed by atoms with Crippen molar-refractivity contribution in [2.45, 2.75) is 6.04 Å². The van der Waals surface area contributed by atoms with E-state index in [4.69, 9.17) is 4.74 Å². The Bertz CT molecular complexity index is 357. The van der Waals surface area contributed by atoms with Gasteiger partial charge < -0.3 is 10.1 Å². The Morgan fingerprint density at radius 1 is 1.44 bits per heavy atom. The van der Waals surface area contributed by atoms with Gasteiger partial charge in [0.1, 0.15) is 0 Å². The molecular formula is C10H14N4O2. The van der Waals surface area contributed by atoms with Gasteiger partial charge in [-0.05, 0) is 13.1 Å². The molecule has 0 radical (unpaired) electrons. The third-order valence-electron chi connectivity index (χ3n) is 2.59. The molecule has 1 aliphatic heterocycles. The Morgan fingerprint density at radius 2 is 2.19 bits per heavy atom. The summed E-state index contributed by atoms with van der Waals surface area (Å²) < 4.78 is 5.26. The van der Waals surface area contributed by atoms with Crippen LogP contribution in [0.1, 0.15) is 0 Å². The molecule has 0 saturated carbocycles. The lowest BCUT2D eigenvalue weighted by atomic mass is 10.0. The van der Waals surface area contributed by atoms with E-state index in [2.05, 4.69) is 20.6 Å². The van der Waals surface area contributed by atoms with Crippen LogP contribution < -0.4 is 10.6 Å². The minimum atomic E-state index is -0.186. The van der Waals surface area contributed by atoms with Crippen molar-refractivity contribution in [2.75, 3.05) is 25.6 Å². The van der Waals surface area contributed by atoms with E-state index in [9.17, 15) is 4.79 Å². The second kappa shape index (κ2) is 5.00. The van der Waals surface area contributed by atoms with Gasteiger partial charge in [0.25, 0.3) is 0 Å². The van der Waals surface area contributed by atoms with Gasteiger partial charge in [0.15, 0.2) is 0 Å². The molecule has 2 heterocycles. The molecule has 0 aliphatic carbocycles. The first-order chi connectivity index (χ1) is 7.81. The van der Waals surface area contributed by atoms with Crippen molar-refractivity contribution in [1.82, 2.24) is 15.3 Å². The molecule has 6 heteroatoms. The van der Waals surface area contributed by atoms with Crippen molar-refractivity contribution < 1.29 is 9.53 Å². The van der Waals surface area contributed by atoms with Crippen molar-refractivity contribution in [1.29, 1.82) is 0 Å². The third kappa shape index (κ3) is 2.34. The van der Waals surface area contributed by atoms with E-state index < -0.39 is 0 Å². The van der Waals surface area contributed by atoms with Gasteiger partial charge in [-0.25, -0.2) is 9.97 Å². The first-order valence-corrected chi connectivity index (χ1v) is 5.14. The van der Waals surface area contributed by atoms with Crippen LogP contribution in [0, 0.1) is 5.92 Å². The molecular weight excluding hydrogens is 208 g/mol. The predicted octanol–water partition coefficient (Wildman–Crippen LogP) is -0.350. The van der Waals surface area contributed by atoms with Crippen LogP contribution in [0.4, 0.5) is 5.95 Å². The lowest BCUT2D eigenvalue weighted by Gasteiger charge is -2.15. The molecule has 16 heavy (non-hydrogen) atoms. The maximum atomic E-state index is 11.9. The van der Waals surface area contributed by atoms with E-state index >= 15 is 0 Å². The highest BCUT2D eigenvalue weighted by atomic mass is 16.5. The highest BCUT2D eigenvalue weighted by Gasteiger charge is 2.33. The fraction of sp³-hybridized carbons (Fsp3) is 0.500. The molecule has 6 nitrogen and oxygen atoms in total. The number of carbonyl (C=O) groups is 1. The number of hydrogen-bond acceptors (Lipinski definition) is 5. The second-order valence-electron chi connectivity index (χ2n) is 3.60. The topological polar surface area (TPSA) is 76.1 Å². The van der Waals surface area contributed by atoms with Crippen molar-refractivity contribution in [2.24, 2.45) is 5.92 Å². The molecule has 0 spiro atoms. The van der Waals surface area contributed by atoms with Crippen LogP contribution in [0.2, 0.25) is 0 Å². The summed E-state index contributed by atoms with van der Waals surface area (Å²) in [5.74, 6) is 0.0334. The van der Waals surface area contributed by atoms with Gasteiger partial charge in [0.2, 0.25) is 11.9 Å². The number of amides is 1. The lowest BCUT2D eigenvalue weighted by Crippen LogP contribution is -2.39. The number of aromatic nitrogens is 2. The number of hydrogen-bond donors (Lipinski definition) is 2. The molecule has 1 aromatic heterocycles. The lowest BCUT2D eigenvalue weighted by molar-refractivity contribution is -0.120. The zero-order valence-corrected chi connectivity index (χ0v) is 9.01. The number of nitrogens with one attached hydrogen (secondary N) is 2. The van der Waals surface area contributed by atoms with Crippen LogP contribution in [0.5, 0.6) is 0 Å². The van der Waals surface area contributed by atoms with Crippen LogP contribution in [0.25, 0.3) is 0 Å². The van der Waals surface area contributed by atoms with Crippen molar-refractivity contribution in [3.63, 3.8) is 0 Å². The zero-order chi connectivity index (χ0) is 11.4. The summed E-state index contributed by atoms with van der Waals surface area (Å²) in [4.78, 5) is 19.7. The van der Waals surface area contributed by atoms with Crippen molar-refractivity contribution in [3.8, 4) is 0 Å². The van der Waals surface area contributed by atoms with Gasteiger partial charge in [0.05, 0.1) is 19.1 Å². The van der Waals surface area contributed by atoms with E-state index in [-0.39, 0.29) is 17.9 Å². The third-order valence-corrected chi connectivity index (χ3v) is 2.59. The van der Waals surface area contributed by atoms with Crippen LogP contribution in [-0.4, -0.2) is 42.2 Å². The van der Waals surface area contributed by atoms with E-state index in [1.165, 1.54) is 0 Å². The molecule has 1 saturated heterocycles. The summed E-state index contributed by atoms with van der Waals surface area (Å²) in [7, 11) is 1.82. The average molecular weight is 222 g/mol. The summed E-state index contributed by atoms with van der Waals surface area (Å²) in [5, 5.41) is 5.72. The Balaban J connectivity index is 1.98. The standard InChI is InChI=1S/C10H14N4O2/c1-11-8-6-16-5-7(8)9(15)14-10-12-3-2-4-13-10/h2-4,7-8,11H,5-6H2,1H3,(H,12,13,14,15). The van der Waals surface area contributed by atoms with E-state index in [1.807, 2.05) is 7.05 Å². The molecule has 2 atom stereocenters. The molecule has 2 N–H and O–H groups in total. The summed E-state index contributed by atoms with van der Waals surface area (Å²) in [6.45, 7) is 0.994. The van der Waals surface area contributed by atoms with E-state index in [1.54, 1.807) is 18.5 Å². The van der Waals surface area contributed by atoms with Gasteiger partial charge >= 0.3 is 0 Å². The fourth-order valence-corrected chi connectivity index (χ4v) is 1.66. The molecule has 1 aromatic rings. The fourth-order valence-electron chi connectivity index (χ4n) is 1.66. The maximum absolute atomic E-state index is 11.9. The largest absolute Gasteiger partial charge is 0.379 e. The number of nitrogens with zero attached hydrogens (tertiary/aromatic N) is 2. The van der Waals surface area contributed by atoms with Gasteiger partial charge in [-0.15, -0.1) is 0 Å². The van der Waals surface area contributed by atoms with Crippen LogP contribution >= 0.6 is 0 Å². The van der Waals surface area contributed by atoms with Gasteiger partial charge in [-0.1, -0.05) is 0 Å². The van der Waals surface area contributed by atoms with Crippen LogP contribution in [-0.2, 0) is 9.53 Å². The molecule has 2 rings (SSSR count). The Kier molecular flexibility index (Phi) is 3.43. The van der Waals surface area contributed by atoms with Crippen LogP contribution in [0.15, 0.2) is 18.5 Å². The van der Waals surface area contributed by atoms with Gasteiger partial charge in [0, 0.05) is 18.4 Å². The number of likely N-dealkylation sites (N-methyl/N-ethyl adjacent to an activating group) is 1. The molecule has 1 fully saturated rings. The number of rotatable bonds is 3. The minimum absolute atomic E-state index is 0.0590. The number of ether oxygens (including phenoxy) is 1.